The average molecular weight is 240 g/mol. The molecule has 3 unspecified atom stereocenters. The van der Waals surface area contributed by atoms with Gasteiger partial charge in [-0.25, -0.2) is 0 Å². The first-order valence-electron chi connectivity index (χ1n) is 7.24. The maximum Gasteiger partial charge on any atom is 0.0726 e. The van der Waals surface area contributed by atoms with E-state index < -0.39 is 0 Å². The van der Waals surface area contributed by atoms with E-state index in [9.17, 15) is 0 Å². The topological polar surface area (TPSA) is 38.5 Å². The Labute approximate surface area is 106 Å². The molecule has 3 nitrogen and oxygen atoms in total. The molecule has 0 aromatic rings. The fraction of sp³-hybridized carbons (Fsp3) is 1.00. The zero-order valence-corrected chi connectivity index (χ0v) is 11.4. The van der Waals surface area contributed by atoms with Crippen LogP contribution in [0.1, 0.15) is 45.4 Å². The summed E-state index contributed by atoms with van der Waals surface area (Å²) in [6, 6.07) is 1.03. The highest BCUT2D eigenvalue weighted by Gasteiger charge is 2.32. The Morgan fingerprint density at radius 1 is 1.12 bits per heavy atom. The summed E-state index contributed by atoms with van der Waals surface area (Å²) >= 11 is 0. The summed E-state index contributed by atoms with van der Waals surface area (Å²) in [6.45, 7) is 4.59. The third-order valence-corrected chi connectivity index (χ3v) is 4.76. The Bertz CT molecular complexity index is 224. The van der Waals surface area contributed by atoms with Gasteiger partial charge in [-0.3, -0.25) is 4.90 Å². The van der Waals surface area contributed by atoms with E-state index in [0.717, 1.165) is 5.92 Å². The van der Waals surface area contributed by atoms with Crippen LogP contribution < -0.4 is 5.73 Å². The highest BCUT2D eigenvalue weighted by molar-refractivity contribution is 4.88. The van der Waals surface area contributed by atoms with Crippen molar-refractivity contribution >= 4 is 0 Å². The van der Waals surface area contributed by atoms with Crippen LogP contribution in [-0.4, -0.2) is 43.3 Å². The first-order valence-corrected chi connectivity index (χ1v) is 7.24. The molecule has 0 bridgehead atoms. The van der Waals surface area contributed by atoms with Crippen LogP contribution in [0.15, 0.2) is 0 Å². The first kappa shape index (κ1) is 13.3. The first-order chi connectivity index (χ1) is 8.22. The molecule has 0 amide bonds. The Kier molecular flexibility index (Phi) is 4.83. The number of likely N-dealkylation sites (tertiary alicyclic amines) is 1. The van der Waals surface area contributed by atoms with Gasteiger partial charge in [0.25, 0.3) is 0 Å². The van der Waals surface area contributed by atoms with E-state index in [1.807, 2.05) is 7.11 Å². The molecule has 3 heteroatoms. The van der Waals surface area contributed by atoms with Crippen molar-refractivity contribution in [3.05, 3.63) is 0 Å². The van der Waals surface area contributed by atoms with Crippen molar-refractivity contribution in [2.24, 2.45) is 11.7 Å². The lowest BCUT2D eigenvalue weighted by Gasteiger charge is -2.43. The van der Waals surface area contributed by atoms with Crippen LogP contribution in [0.4, 0.5) is 0 Å². The monoisotopic (exact) mass is 240 g/mol. The SMILES string of the molecule is COC1CCCCC1N1CCC(C(C)N)CC1. The zero-order valence-electron chi connectivity index (χ0n) is 11.4. The number of piperidine rings is 1. The molecule has 2 aliphatic rings. The summed E-state index contributed by atoms with van der Waals surface area (Å²) < 4.78 is 5.66. The molecule has 0 aromatic carbocycles. The summed E-state index contributed by atoms with van der Waals surface area (Å²) in [5.74, 6) is 0.732. The summed E-state index contributed by atoms with van der Waals surface area (Å²) in [5.41, 5.74) is 6.00. The van der Waals surface area contributed by atoms with Crippen LogP contribution in [0.2, 0.25) is 0 Å². The number of hydrogen-bond donors (Lipinski definition) is 1. The van der Waals surface area contributed by atoms with Gasteiger partial charge in [0, 0.05) is 19.2 Å². The van der Waals surface area contributed by atoms with Gasteiger partial charge in [0.2, 0.25) is 0 Å². The van der Waals surface area contributed by atoms with Crippen molar-refractivity contribution in [3.63, 3.8) is 0 Å². The third-order valence-electron chi connectivity index (χ3n) is 4.76. The van der Waals surface area contributed by atoms with Gasteiger partial charge in [0.15, 0.2) is 0 Å². The largest absolute Gasteiger partial charge is 0.380 e. The quantitative estimate of drug-likeness (QED) is 0.820. The van der Waals surface area contributed by atoms with Gasteiger partial charge in [0.1, 0.15) is 0 Å². The third kappa shape index (κ3) is 3.21. The van der Waals surface area contributed by atoms with E-state index >= 15 is 0 Å². The lowest BCUT2D eigenvalue weighted by molar-refractivity contribution is -0.0231. The molecule has 17 heavy (non-hydrogen) atoms. The normalized spacial score (nSPS) is 34.8. The molecule has 1 aliphatic heterocycles. The molecule has 0 radical (unpaired) electrons. The van der Waals surface area contributed by atoms with Crippen molar-refractivity contribution in [3.8, 4) is 0 Å². The van der Waals surface area contributed by atoms with Crippen LogP contribution >= 0.6 is 0 Å². The molecule has 2 rings (SSSR count). The molecule has 0 spiro atoms. The van der Waals surface area contributed by atoms with Crippen molar-refractivity contribution in [1.82, 2.24) is 4.90 Å². The molecule has 1 aliphatic carbocycles. The molecule has 100 valence electrons. The van der Waals surface area contributed by atoms with Crippen LogP contribution in [0, 0.1) is 5.92 Å². The summed E-state index contributed by atoms with van der Waals surface area (Å²) in [7, 11) is 1.87. The second-order valence-corrected chi connectivity index (χ2v) is 5.86. The minimum Gasteiger partial charge on any atom is -0.380 e. The number of ether oxygens (including phenoxy) is 1. The van der Waals surface area contributed by atoms with Crippen molar-refractivity contribution in [2.75, 3.05) is 20.2 Å². The zero-order chi connectivity index (χ0) is 12.3. The summed E-state index contributed by atoms with van der Waals surface area (Å²) in [5, 5.41) is 0. The predicted octanol–water partition coefficient (Wildman–Crippen LogP) is 2.00. The molecular formula is C14H28N2O. The second-order valence-electron chi connectivity index (χ2n) is 5.86. The van der Waals surface area contributed by atoms with Crippen LogP contribution in [0.25, 0.3) is 0 Å². The van der Waals surface area contributed by atoms with Gasteiger partial charge in [-0.2, -0.15) is 0 Å². The van der Waals surface area contributed by atoms with E-state index in [1.54, 1.807) is 0 Å². The van der Waals surface area contributed by atoms with E-state index in [0.29, 0.717) is 18.2 Å². The number of rotatable bonds is 3. The number of nitrogens with zero attached hydrogens (tertiary/aromatic N) is 1. The second kappa shape index (κ2) is 6.17. The summed E-state index contributed by atoms with van der Waals surface area (Å²) in [4.78, 5) is 2.66. The lowest BCUT2D eigenvalue weighted by atomic mass is 9.86. The molecule has 0 aromatic heterocycles. The van der Waals surface area contributed by atoms with Crippen LogP contribution in [-0.2, 0) is 4.74 Å². The van der Waals surface area contributed by atoms with Gasteiger partial charge in [-0.1, -0.05) is 12.8 Å². The van der Waals surface area contributed by atoms with Crippen molar-refractivity contribution in [2.45, 2.75) is 63.6 Å². The fourth-order valence-electron chi connectivity index (χ4n) is 3.55. The average Bonchev–Trinajstić information content (AvgIpc) is 2.39. The summed E-state index contributed by atoms with van der Waals surface area (Å²) in [6.07, 6.45) is 8.28. The van der Waals surface area contributed by atoms with Gasteiger partial charge in [-0.15, -0.1) is 0 Å². The fourth-order valence-corrected chi connectivity index (χ4v) is 3.55. The molecule has 2 fully saturated rings. The van der Waals surface area contributed by atoms with Gasteiger partial charge in [-0.05, 0) is 51.6 Å². The maximum absolute atomic E-state index is 6.00. The smallest absolute Gasteiger partial charge is 0.0726 e. The Morgan fingerprint density at radius 2 is 1.76 bits per heavy atom. The highest BCUT2D eigenvalue weighted by Crippen LogP contribution is 2.29. The number of methoxy groups -OCH3 is 1. The van der Waals surface area contributed by atoms with E-state index in [-0.39, 0.29) is 0 Å². The predicted molar refractivity (Wildman–Crippen MR) is 71.0 cm³/mol. The van der Waals surface area contributed by atoms with Gasteiger partial charge in [0.05, 0.1) is 6.10 Å². The van der Waals surface area contributed by atoms with Crippen molar-refractivity contribution < 1.29 is 4.74 Å². The highest BCUT2D eigenvalue weighted by atomic mass is 16.5. The molecule has 1 saturated carbocycles. The standard InChI is InChI=1S/C14H28N2O/c1-11(15)12-7-9-16(10-8-12)13-5-3-4-6-14(13)17-2/h11-14H,3-10,15H2,1-2H3. The molecule has 3 atom stereocenters. The lowest BCUT2D eigenvalue weighted by Crippen LogP contribution is -2.50. The number of nitrogens with two attached hydrogens (primary N) is 1. The minimum absolute atomic E-state index is 0.363. The Balaban J connectivity index is 1.86. The van der Waals surface area contributed by atoms with Crippen molar-refractivity contribution in [1.29, 1.82) is 0 Å². The van der Waals surface area contributed by atoms with Gasteiger partial charge < -0.3 is 10.5 Å². The minimum atomic E-state index is 0.363. The van der Waals surface area contributed by atoms with Gasteiger partial charge >= 0.3 is 0 Å². The van der Waals surface area contributed by atoms with Crippen LogP contribution in [0.3, 0.4) is 0 Å². The molecular weight excluding hydrogens is 212 g/mol. The molecule has 1 saturated heterocycles. The Morgan fingerprint density at radius 3 is 2.35 bits per heavy atom. The Hall–Kier alpha value is -0.120. The number of hydrogen-bond acceptors (Lipinski definition) is 3. The van der Waals surface area contributed by atoms with E-state index in [2.05, 4.69) is 11.8 Å². The van der Waals surface area contributed by atoms with Crippen LogP contribution in [0.5, 0.6) is 0 Å². The van der Waals surface area contributed by atoms with E-state index in [4.69, 9.17) is 10.5 Å². The van der Waals surface area contributed by atoms with E-state index in [1.165, 1.54) is 51.6 Å². The molecule has 1 heterocycles. The molecule has 2 N–H and O–H groups in total. The maximum atomic E-state index is 6.00.